The Kier molecular flexibility index (Phi) is 5.43. The van der Waals surface area contributed by atoms with E-state index in [1.165, 1.54) is 6.08 Å². The second-order valence-electron chi connectivity index (χ2n) is 5.38. The molecule has 2 heterocycles. The first-order valence-electron chi connectivity index (χ1n) is 7.52. The molecule has 11 heteroatoms. The molecule has 1 fully saturated rings. The summed E-state index contributed by atoms with van der Waals surface area (Å²) in [5.41, 5.74) is 1.05. The fourth-order valence-corrected chi connectivity index (χ4v) is 3.86. The first-order chi connectivity index (χ1) is 12.1. The third kappa shape index (κ3) is 3.71. The third-order valence-electron chi connectivity index (χ3n) is 4.04. The Bertz CT molecular complexity index is 729. The quantitative estimate of drug-likeness (QED) is 0.304. The minimum atomic E-state index is -0.483. The Morgan fingerprint density at radius 2 is 2.00 bits per heavy atom. The van der Waals surface area contributed by atoms with Crippen LogP contribution in [0.4, 0.5) is 5.82 Å². The zero-order valence-electron chi connectivity index (χ0n) is 13.2. The number of nitrogens with zero attached hydrogens (tertiary/aromatic N) is 6. The molecular weight excluding hydrogens is 441 g/mol. The summed E-state index contributed by atoms with van der Waals surface area (Å²) in [7, 11) is 0. The predicted molar refractivity (Wildman–Crippen MR) is 99.5 cm³/mol. The van der Waals surface area contributed by atoms with Crippen LogP contribution in [0.3, 0.4) is 0 Å². The van der Waals surface area contributed by atoms with Crippen LogP contribution in [0, 0.1) is 10.1 Å². The third-order valence-corrected chi connectivity index (χ3v) is 5.27. The molecule has 2 N–H and O–H groups in total. The van der Waals surface area contributed by atoms with Crippen LogP contribution in [-0.4, -0.2) is 55.6 Å². The van der Waals surface area contributed by atoms with Gasteiger partial charge in [-0.2, -0.15) is 0 Å². The number of rotatable bonds is 4. The van der Waals surface area contributed by atoms with Gasteiger partial charge in [-0.15, -0.1) is 5.90 Å². The summed E-state index contributed by atoms with van der Waals surface area (Å²) in [6, 6.07) is 0. The second-order valence-corrected chi connectivity index (χ2v) is 6.63. The Hall–Kier alpha value is -2.28. The molecule has 3 rings (SSSR count). The first kappa shape index (κ1) is 17.5. The van der Waals surface area contributed by atoms with E-state index >= 15 is 0 Å². The summed E-state index contributed by atoms with van der Waals surface area (Å²) >= 11 is 2.11. The number of piperazine rings is 1. The van der Waals surface area contributed by atoms with Crippen LogP contribution < -0.4 is 10.8 Å². The lowest BCUT2D eigenvalue weighted by Gasteiger charge is -2.39. The summed E-state index contributed by atoms with van der Waals surface area (Å²) in [6.45, 7) is 3.09. The van der Waals surface area contributed by atoms with Crippen molar-refractivity contribution < 1.29 is 9.86 Å². The molecule has 10 nitrogen and oxygen atoms in total. The fourth-order valence-electron chi connectivity index (χ4n) is 2.82. The van der Waals surface area contributed by atoms with E-state index in [4.69, 9.17) is 5.90 Å². The number of anilines is 1. The van der Waals surface area contributed by atoms with E-state index in [0.29, 0.717) is 0 Å². The van der Waals surface area contributed by atoms with Gasteiger partial charge in [0.25, 0.3) is 5.70 Å². The Morgan fingerprint density at radius 3 is 2.60 bits per heavy atom. The summed E-state index contributed by atoms with van der Waals surface area (Å²) < 4.78 is -0.311. The molecule has 1 saturated heterocycles. The molecule has 0 amide bonds. The molecule has 2 aliphatic rings. The van der Waals surface area contributed by atoms with Crippen LogP contribution in [0.5, 0.6) is 0 Å². The molecule has 1 aliphatic carbocycles. The standard InChI is InChI=1S/C14H16IN7O3/c15-13-10(1-2-11(22(23)24)14(13)19-25-16)20-5-7-21(8-6-20)12-9-17-3-4-18-12/h1-4,9,13H,5-8,16H2/b19-14-. The van der Waals surface area contributed by atoms with Gasteiger partial charge in [0.05, 0.1) is 11.1 Å². The van der Waals surface area contributed by atoms with E-state index in [1.54, 1.807) is 24.7 Å². The van der Waals surface area contributed by atoms with E-state index in [0.717, 1.165) is 37.7 Å². The van der Waals surface area contributed by atoms with Gasteiger partial charge in [-0.3, -0.25) is 15.1 Å². The predicted octanol–water partition coefficient (Wildman–Crippen LogP) is 0.707. The molecule has 0 radical (unpaired) electrons. The molecule has 0 spiro atoms. The minimum absolute atomic E-state index is 0.105. The summed E-state index contributed by atoms with van der Waals surface area (Å²) in [6.07, 6.45) is 8.27. The fraction of sp³-hybridized carbons (Fsp3) is 0.357. The highest BCUT2D eigenvalue weighted by atomic mass is 127. The number of allylic oxidation sites excluding steroid dienone is 4. The molecule has 1 unspecified atom stereocenters. The summed E-state index contributed by atoms with van der Waals surface area (Å²) in [4.78, 5) is 27.7. The van der Waals surface area contributed by atoms with Crippen molar-refractivity contribution in [3.8, 4) is 0 Å². The van der Waals surface area contributed by atoms with Crippen molar-refractivity contribution in [2.75, 3.05) is 31.1 Å². The number of alkyl halides is 1. The smallest absolute Gasteiger partial charge is 0.295 e. The maximum atomic E-state index is 11.2. The summed E-state index contributed by atoms with van der Waals surface area (Å²) in [5.74, 6) is 5.84. The zero-order chi connectivity index (χ0) is 17.8. The molecule has 0 bridgehead atoms. The maximum absolute atomic E-state index is 11.2. The highest BCUT2D eigenvalue weighted by Crippen LogP contribution is 2.28. The van der Waals surface area contributed by atoms with Gasteiger partial charge in [-0.1, -0.05) is 27.7 Å². The van der Waals surface area contributed by atoms with Gasteiger partial charge >= 0.3 is 0 Å². The number of oxime groups is 1. The van der Waals surface area contributed by atoms with E-state index in [9.17, 15) is 10.1 Å². The van der Waals surface area contributed by atoms with Crippen LogP contribution in [0.2, 0.25) is 0 Å². The number of halogens is 1. The highest BCUT2D eigenvalue weighted by Gasteiger charge is 2.35. The largest absolute Gasteiger partial charge is 0.370 e. The van der Waals surface area contributed by atoms with Crippen molar-refractivity contribution in [3.63, 3.8) is 0 Å². The van der Waals surface area contributed by atoms with Crippen LogP contribution in [-0.2, 0) is 4.94 Å². The van der Waals surface area contributed by atoms with Gasteiger partial charge in [-0.05, 0) is 6.08 Å². The molecular formula is C14H16IN7O3. The van der Waals surface area contributed by atoms with Gasteiger partial charge in [0.2, 0.25) is 0 Å². The summed E-state index contributed by atoms with van der Waals surface area (Å²) in [5, 5.41) is 14.8. The topological polar surface area (TPSA) is 123 Å². The molecule has 1 aromatic heterocycles. The van der Waals surface area contributed by atoms with Crippen molar-refractivity contribution in [2.45, 2.75) is 3.92 Å². The highest BCUT2D eigenvalue weighted by molar-refractivity contribution is 14.1. The molecule has 1 aliphatic heterocycles. The molecule has 25 heavy (non-hydrogen) atoms. The lowest BCUT2D eigenvalue weighted by atomic mass is 10.0. The molecule has 0 aromatic carbocycles. The van der Waals surface area contributed by atoms with Crippen LogP contribution >= 0.6 is 22.6 Å². The normalized spacial score (nSPS) is 22.5. The molecule has 1 atom stereocenters. The van der Waals surface area contributed by atoms with E-state index in [2.05, 4.69) is 52.5 Å². The van der Waals surface area contributed by atoms with E-state index < -0.39 is 4.92 Å². The van der Waals surface area contributed by atoms with Crippen LogP contribution in [0.1, 0.15) is 0 Å². The van der Waals surface area contributed by atoms with Crippen molar-refractivity contribution >= 4 is 34.1 Å². The lowest BCUT2D eigenvalue weighted by molar-refractivity contribution is -0.415. The first-order valence-corrected chi connectivity index (χ1v) is 8.76. The van der Waals surface area contributed by atoms with Crippen molar-refractivity contribution in [2.24, 2.45) is 11.1 Å². The van der Waals surface area contributed by atoms with E-state index in [1.807, 2.05) is 0 Å². The van der Waals surface area contributed by atoms with Gasteiger partial charge in [-0.25, -0.2) is 4.98 Å². The van der Waals surface area contributed by atoms with E-state index in [-0.39, 0.29) is 15.3 Å². The van der Waals surface area contributed by atoms with Crippen molar-refractivity contribution in [3.05, 3.63) is 52.3 Å². The van der Waals surface area contributed by atoms with Gasteiger partial charge in [0.1, 0.15) is 9.74 Å². The number of aromatic nitrogens is 2. The minimum Gasteiger partial charge on any atom is -0.370 e. The Morgan fingerprint density at radius 1 is 1.28 bits per heavy atom. The van der Waals surface area contributed by atoms with Crippen LogP contribution in [0.25, 0.3) is 0 Å². The monoisotopic (exact) mass is 457 g/mol. The number of nitrogens with two attached hydrogens (primary N) is 1. The lowest BCUT2D eigenvalue weighted by Crippen LogP contribution is -2.48. The number of hydrogen-bond acceptors (Lipinski definition) is 9. The maximum Gasteiger partial charge on any atom is 0.295 e. The Balaban J connectivity index is 1.74. The van der Waals surface area contributed by atoms with Gasteiger partial charge in [0.15, 0.2) is 5.71 Å². The van der Waals surface area contributed by atoms with Crippen molar-refractivity contribution in [1.29, 1.82) is 0 Å². The molecule has 1 aromatic rings. The van der Waals surface area contributed by atoms with Crippen molar-refractivity contribution in [1.82, 2.24) is 14.9 Å². The van der Waals surface area contributed by atoms with Crippen LogP contribution in [0.15, 0.2) is 47.3 Å². The second kappa shape index (κ2) is 7.74. The molecule has 0 saturated carbocycles. The van der Waals surface area contributed by atoms with Gasteiger partial charge in [0, 0.05) is 50.3 Å². The molecule has 132 valence electrons. The SMILES string of the molecule is NO/N=C1/C([N+](=O)[O-])=CC=C(N2CCN(c3cnccn3)CC2)C1I. The number of hydrogen-bond donors (Lipinski definition) is 1. The number of nitro groups is 1. The average Bonchev–Trinajstić information content (AvgIpc) is 2.64. The average molecular weight is 457 g/mol. The Labute approximate surface area is 157 Å². The van der Waals surface area contributed by atoms with Gasteiger partial charge < -0.3 is 14.7 Å². The zero-order valence-corrected chi connectivity index (χ0v) is 15.3.